The van der Waals surface area contributed by atoms with Crippen LogP contribution in [-0.4, -0.2) is 44.1 Å². The Morgan fingerprint density at radius 1 is 0.848 bits per heavy atom. The molecule has 1 fully saturated rings. The number of carbonyl (C=O) groups excluding carboxylic acids is 3. The lowest BCUT2D eigenvalue weighted by Crippen LogP contribution is -2.32. The number of phenolic OH excluding ortho intramolecular Hbond substituents is 2. The first-order chi connectivity index (χ1) is 15.6. The van der Waals surface area contributed by atoms with E-state index in [9.17, 15) is 29.4 Å². The topological polar surface area (TPSA) is 141 Å². The first-order valence-electron chi connectivity index (χ1n) is 9.80. The van der Waals surface area contributed by atoms with E-state index in [1.54, 1.807) is 36.4 Å². The standard InChI is InChI=1S/C13H12INO5.C9H9IO3/c14-9-7-8(1-3-10(9)16)2-6-13(19)20-15-11(17)4-5-12(15)18;10-7-5-6(1-3-8(7)11)2-4-9(12)13/h1,3,7,16H,2,4-6H2;1,3,5,11H,2,4H2,(H,12,13). The second kappa shape index (κ2) is 12.7. The van der Waals surface area contributed by atoms with Crippen LogP contribution in [0.5, 0.6) is 11.5 Å². The second-order valence-electron chi connectivity index (χ2n) is 7.01. The van der Waals surface area contributed by atoms with Crippen molar-refractivity contribution in [2.75, 3.05) is 0 Å². The summed E-state index contributed by atoms with van der Waals surface area (Å²) in [6.45, 7) is 0. The zero-order chi connectivity index (χ0) is 24.5. The van der Waals surface area contributed by atoms with Crippen molar-refractivity contribution in [3.63, 3.8) is 0 Å². The molecule has 0 unspecified atom stereocenters. The summed E-state index contributed by atoms with van der Waals surface area (Å²) < 4.78 is 1.44. The van der Waals surface area contributed by atoms with Crippen molar-refractivity contribution in [2.24, 2.45) is 0 Å². The Balaban J connectivity index is 0.000000257. The van der Waals surface area contributed by atoms with Crippen LogP contribution < -0.4 is 0 Å². The van der Waals surface area contributed by atoms with Crippen molar-refractivity contribution in [3.05, 3.63) is 54.7 Å². The summed E-state index contributed by atoms with van der Waals surface area (Å²) in [5, 5.41) is 27.6. The molecule has 0 spiro atoms. The van der Waals surface area contributed by atoms with Gasteiger partial charge in [-0.25, -0.2) is 4.79 Å². The highest BCUT2D eigenvalue weighted by Gasteiger charge is 2.32. The van der Waals surface area contributed by atoms with Crippen molar-refractivity contribution in [3.8, 4) is 11.5 Å². The van der Waals surface area contributed by atoms with Gasteiger partial charge in [-0.05, 0) is 93.4 Å². The molecule has 0 bridgehead atoms. The number of phenols is 2. The molecule has 1 heterocycles. The highest BCUT2D eigenvalue weighted by Crippen LogP contribution is 2.22. The van der Waals surface area contributed by atoms with Crippen LogP contribution in [0.3, 0.4) is 0 Å². The Hall–Kier alpha value is -2.42. The van der Waals surface area contributed by atoms with Crippen LogP contribution in [0.15, 0.2) is 36.4 Å². The molecular formula is C22H21I2NO8. The van der Waals surface area contributed by atoms with Crippen molar-refractivity contribution >= 4 is 68.9 Å². The quantitative estimate of drug-likeness (QED) is 0.298. The summed E-state index contributed by atoms with van der Waals surface area (Å²) >= 11 is 4.00. The maximum atomic E-state index is 11.6. The fraction of sp³-hybridized carbons (Fsp3) is 0.273. The Bertz CT molecular complexity index is 1040. The lowest BCUT2D eigenvalue weighted by atomic mass is 10.1. The molecule has 2 aromatic carbocycles. The number of hydroxylamine groups is 2. The number of aliphatic carboxylic acids is 1. The average Bonchev–Trinajstić information content (AvgIpc) is 3.08. The number of aromatic hydroxyl groups is 2. The van der Waals surface area contributed by atoms with Gasteiger partial charge < -0.3 is 20.2 Å². The highest BCUT2D eigenvalue weighted by atomic mass is 127. The molecule has 9 nitrogen and oxygen atoms in total. The van der Waals surface area contributed by atoms with Crippen LogP contribution in [0.25, 0.3) is 0 Å². The number of rotatable bonds is 7. The SMILES string of the molecule is O=C(CCc1ccc(O)c(I)c1)ON1C(=O)CCC1=O.O=C(O)CCc1ccc(O)c(I)c1. The van der Waals surface area contributed by atoms with E-state index in [-0.39, 0.29) is 37.2 Å². The monoisotopic (exact) mass is 681 g/mol. The van der Waals surface area contributed by atoms with Gasteiger partial charge in [0, 0.05) is 19.3 Å². The number of amides is 2. The van der Waals surface area contributed by atoms with Crippen LogP contribution in [0.1, 0.15) is 36.8 Å². The number of carboxylic acids is 1. The summed E-state index contributed by atoms with van der Waals surface area (Å²) in [5.74, 6) is -1.98. The Morgan fingerprint density at radius 2 is 1.30 bits per heavy atom. The minimum Gasteiger partial charge on any atom is -0.507 e. The molecule has 0 aromatic heterocycles. The minimum absolute atomic E-state index is 0.0535. The van der Waals surface area contributed by atoms with Gasteiger partial charge >= 0.3 is 11.9 Å². The second-order valence-corrected chi connectivity index (χ2v) is 9.33. The zero-order valence-electron chi connectivity index (χ0n) is 17.3. The van der Waals surface area contributed by atoms with Crippen LogP contribution in [0.2, 0.25) is 0 Å². The van der Waals surface area contributed by atoms with Gasteiger partial charge in [-0.1, -0.05) is 12.1 Å². The van der Waals surface area contributed by atoms with Crippen LogP contribution in [-0.2, 0) is 36.9 Å². The number of hydrogen-bond donors (Lipinski definition) is 3. The zero-order valence-corrected chi connectivity index (χ0v) is 21.6. The number of carboxylic acid groups (broad SMARTS) is 1. The predicted octanol–water partition coefficient (Wildman–Crippen LogP) is 3.55. The van der Waals surface area contributed by atoms with Crippen molar-refractivity contribution in [2.45, 2.75) is 38.5 Å². The Morgan fingerprint density at radius 3 is 1.73 bits per heavy atom. The molecule has 2 amide bonds. The summed E-state index contributed by atoms with van der Waals surface area (Å²) in [5.41, 5.74) is 1.80. The highest BCUT2D eigenvalue weighted by molar-refractivity contribution is 14.1. The van der Waals surface area contributed by atoms with Gasteiger partial charge in [-0.3, -0.25) is 14.4 Å². The fourth-order valence-corrected chi connectivity index (χ4v) is 3.87. The number of hydrogen-bond acceptors (Lipinski definition) is 7. The molecule has 3 rings (SSSR count). The van der Waals surface area contributed by atoms with Gasteiger partial charge in [0.1, 0.15) is 11.5 Å². The molecule has 1 aliphatic heterocycles. The third-order valence-corrected chi connectivity index (χ3v) is 6.20. The number of nitrogens with zero attached hydrogens (tertiary/aromatic N) is 1. The van der Waals surface area contributed by atoms with Crippen molar-refractivity contribution in [1.82, 2.24) is 5.06 Å². The van der Waals surface area contributed by atoms with Gasteiger partial charge in [0.25, 0.3) is 11.8 Å². The summed E-state index contributed by atoms with van der Waals surface area (Å²) in [4.78, 5) is 49.2. The number of benzene rings is 2. The molecule has 0 radical (unpaired) electrons. The van der Waals surface area contributed by atoms with E-state index in [1.807, 2.05) is 45.2 Å². The lowest BCUT2D eigenvalue weighted by molar-refractivity contribution is -0.197. The number of halogens is 2. The van der Waals surface area contributed by atoms with Gasteiger partial charge in [0.05, 0.1) is 13.6 Å². The fourth-order valence-electron chi connectivity index (χ4n) is 2.71. The number of imide groups is 1. The number of carbonyl (C=O) groups is 4. The van der Waals surface area contributed by atoms with Gasteiger partial charge in [-0.15, -0.1) is 5.06 Å². The maximum absolute atomic E-state index is 11.6. The van der Waals surface area contributed by atoms with E-state index in [2.05, 4.69) is 0 Å². The molecule has 2 aromatic rings. The Kier molecular flexibility index (Phi) is 10.3. The smallest absolute Gasteiger partial charge is 0.333 e. The van der Waals surface area contributed by atoms with Gasteiger partial charge in [0.2, 0.25) is 0 Å². The van der Waals surface area contributed by atoms with Gasteiger partial charge in [0.15, 0.2) is 0 Å². The first kappa shape index (κ1) is 26.8. The average molecular weight is 681 g/mol. The van der Waals surface area contributed by atoms with Crippen LogP contribution in [0, 0.1) is 7.14 Å². The summed E-state index contributed by atoms with van der Waals surface area (Å²) in [7, 11) is 0. The molecule has 1 aliphatic rings. The van der Waals surface area contributed by atoms with Crippen molar-refractivity contribution < 1.29 is 39.3 Å². The van der Waals surface area contributed by atoms with Crippen LogP contribution in [0.4, 0.5) is 0 Å². The van der Waals surface area contributed by atoms with E-state index < -0.39 is 23.8 Å². The molecule has 1 saturated heterocycles. The predicted molar refractivity (Wildman–Crippen MR) is 133 cm³/mol. The van der Waals surface area contributed by atoms with Crippen LogP contribution >= 0.6 is 45.2 Å². The molecule has 176 valence electrons. The van der Waals surface area contributed by atoms with E-state index in [4.69, 9.17) is 9.94 Å². The van der Waals surface area contributed by atoms with E-state index in [0.29, 0.717) is 21.5 Å². The summed E-state index contributed by atoms with van der Waals surface area (Å²) in [6.07, 6.45) is 1.26. The molecule has 33 heavy (non-hydrogen) atoms. The molecule has 3 N–H and O–H groups in total. The molecule has 11 heteroatoms. The molecule has 0 aliphatic carbocycles. The molecule has 0 atom stereocenters. The van der Waals surface area contributed by atoms with E-state index >= 15 is 0 Å². The van der Waals surface area contributed by atoms with E-state index in [1.165, 1.54) is 0 Å². The third kappa shape index (κ3) is 8.79. The Labute approximate surface area is 217 Å². The largest absolute Gasteiger partial charge is 0.507 e. The normalized spacial score (nSPS) is 12.8. The number of aryl methyl sites for hydroxylation is 2. The van der Waals surface area contributed by atoms with Crippen molar-refractivity contribution in [1.29, 1.82) is 0 Å². The third-order valence-electron chi connectivity index (χ3n) is 4.47. The van der Waals surface area contributed by atoms with Gasteiger partial charge in [-0.2, -0.15) is 0 Å². The molecular weight excluding hydrogens is 660 g/mol. The first-order valence-corrected chi connectivity index (χ1v) is 12.0. The maximum Gasteiger partial charge on any atom is 0.333 e. The molecule has 0 saturated carbocycles. The summed E-state index contributed by atoms with van der Waals surface area (Å²) in [6, 6.07) is 10.1. The van der Waals surface area contributed by atoms with E-state index in [0.717, 1.165) is 14.7 Å². The lowest BCUT2D eigenvalue weighted by Gasteiger charge is -2.12. The minimum atomic E-state index is -0.803.